The molecule has 4 rings (SSSR count). The van der Waals surface area contributed by atoms with Crippen LogP contribution in [0.3, 0.4) is 0 Å². The van der Waals surface area contributed by atoms with E-state index in [4.69, 9.17) is 0 Å². The Morgan fingerprint density at radius 1 is 1.10 bits per heavy atom. The molecule has 0 saturated carbocycles. The Balaban J connectivity index is 1.53. The van der Waals surface area contributed by atoms with E-state index < -0.39 is 16.3 Å². The van der Waals surface area contributed by atoms with Gasteiger partial charge in [-0.05, 0) is 62.9 Å². The maximum Gasteiger partial charge on any atom is 0.269 e. The maximum absolute atomic E-state index is 12.6. The molecule has 0 spiro atoms. The summed E-state index contributed by atoms with van der Waals surface area (Å²) in [5.74, 6) is -0.482. The van der Waals surface area contributed by atoms with E-state index in [1.54, 1.807) is 17.0 Å². The molecule has 10 heteroatoms. The number of nitriles is 1. The summed E-state index contributed by atoms with van der Waals surface area (Å²) in [6.07, 6.45) is 4.94. The fourth-order valence-electron chi connectivity index (χ4n) is 6.11. The number of nitrogens with zero attached hydrogens (tertiary/aromatic N) is 4. The van der Waals surface area contributed by atoms with Crippen LogP contribution in [0.1, 0.15) is 63.0 Å². The van der Waals surface area contributed by atoms with Crippen LogP contribution in [-0.2, 0) is 15.0 Å². The van der Waals surface area contributed by atoms with Crippen molar-refractivity contribution in [2.75, 3.05) is 26.2 Å². The Morgan fingerprint density at radius 3 is 2.31 bits per heavy atom. The topological polar surface area (TPSA) is 132 Å². The summed E-state index contributed by atoms with van der Waals surface area (Å²) >= 11 is 0. The first-order valence-corrected chi connectivity index (χ1v) is 14.5. The Kier molecular flexibility index (Phi) is 10.1. The van der Waals surface area contributed by atoms with Gasteiger partial charge in [0.05, 0.1) is 33.7 Å². The van der Waals surface area contributed by atoms with Crippen molar-refractivity contribution in [2.45, 2.75) is 57.3 Å². The highest BCUT2D eigenvalue weighted by Crippen LogP contribution is 2.40. The number of benzene rings is 2. The van der Waals surface area contributed by atoms with Gasteiger partial charge in [0.1, 0.15) is 0 Å². The smallest absolute Gasteiger partial charge is 0.269 e. The summed E-state index contributed by atoms with van der Waals surface area (Å²) in [6.45, 7) is 6.83. The molecule has 2 aromatic rings. The van der Waals surface area contributed by atoms with Crippen molar-refractivity contribution in [3.63, 3.8) is 0 Å². The summed E-state index contributed by atoms with van der Waals surface area (Å²) in [4.78, 5) is 39.1. The number of carbonyl (C=O) groups is 2. The third-order valence-corrected chi connectivity index (χ3v) is 8.42. The van der Waals surface area contributed by atoms with Crippen molar-refractivity contribution in [1.29, 1.82) is 5.26 Å². The molecule has 0 aromatic heterocycles. The molecule has 2 aromatic carbocycles. The number of nitrogens with one attached hydrogen (secondary N) is 2. The number of nitro groups is 1. The van der Waals surface area contributed by atoms with Gasteiger partial charge in [-0.25, -0.2) is 0 Å². The van der Waals surface area contributed by atoms with Gasteiger partial charge >= 0.3 is 0 Å². The molecular weight excluding hydrogens is 532 g/mol. The molecule has 220 valence electrons. The second-order valence-electron chi connectivity index (χ2n) is 10.7. The third-order valence-electron chi connectivity index (χ3n) is 8.42. The summed E-state index contributed by atoms with van der Waals surface area (Å²) in [5.41, 5.74) is 4.39. The molecule has 1 fully saturated rings. The maximum atomic E-state index is 12.6. The molecule has 2 aliphatic heterocycles. The monoisotopic (exact) mass is 570 g/mol. The van der Waals surface area contributed by atoms with Crippen LogP contribution in [0.5, 0.6) is 0 Å². The zero-order valence-electron chi connectivity index (χ0n) is 24.2. The number of non-ortho nitro benzene ring substituents is 1. The van der Waals surface area contributed by atoms with E-state index in [2.05, 4.69) is 21.6 Å². The fourth-order valence-corrected chi connectivity index (χ4v) is 6.11. The second-order valence-corrected chi connectivity index (χ2v) is 10.7. The Hall–Kier alpha value is -4.49. The molecular formula is C32H38N6O4. The average Bonchev–Trinajstić information content (AvgIpc) is 3.04. The molecule has 0 bridgehead atoms. The first kappa shape index (κ1) is 30.5. The van der Waals surface area contributed by atoms with Crippen molar-refractivity contribution in [3.05, 3.63) is 98.6 Å². The number of likely N-dealkylation sites (tertiary alicyclic amines) is 1. The van der Waals surface area contributed by atoms with Crippen LogP contribution in [-0.4, -0.2) is 53.7 Å². The normalized spacial score (nSPS) is 18.5. The third kappa shape index (κ3) is 6.37. The Labute approximate surface area is 246 Å². The highest BCUT2D eigenvalue weighted by molar-refractivity contribution is 5.60. The minimum Gasteiger partial charge on any atom is -0.359 e. The quantitative estimate of drug-likeness (QED) is 0.203. The lowest BCUT2D eigenvalue weighted by atomic mass is 9.74. The largest absolute Gasteiger partial charge is 0.359 e. The zero-order chi connectivity index (χ0) is 30.1. The molecule has 0 aliphatic carbocycles. The van der Waals surface area contributed by atoms with E-state index in [1.807, 2.05) is 44.2 Å². The molecule has 1 unspecified atom stereocenters. The summed E-state index contributed by atoms with van der Waals surface area (Å²) in [6, 6.07) is 18.8. The van der Waals surface area contributed by atoms with Gasteiger partial charge in [0.2, 0.25) is 12.8 Å². The molecule has 2 N–H and O–H groups in total. The number of rotatable bonds is 13. The summed E-state index contributed by atoms with van der Waals surface area (Å²) in [7, 11) is 0. The van der Waals surface area contributed by atoms with Crippen LogP contribution in [0.15, 0.2) is 77.4 Å². The van der Waals surface area contributed by atoms with E-state index in [0.29, 0.717) is 31.5 Å². The van der Waals surface area contributed by atoms with Crippen molar-refractivity contribution in [3.8, 4) is 6.07 Å². The van der Waals surface area contributed by atoms with Crippen LogP contribution >= 0.6 is 0 Å². The van der Waals surface area contributed by atoms with Crippen LogP contribution in [0.2, 0.25) is 0 Å². The molecule has 1 atom stereocenters. The van der Waals surface area contributed by atoms with Gasteiger partial charge < -0.3 is 20.4 Å². The molecule has 2 aliphatic rings. The van der Waals surface area contributed by atoms with Gasteiger partial charge in [-0.3, -0.25) is 19.7 Å². The predicted octanol–water partition coefficient (Wildman–Crippen LogP) is 4.68. The van der Waals surface area contributed by atoms with Crippen molar-refractivity contribution in [1.82, 2.24) is 20.4 Å². The lowest BCUT2D eigenvalue weighted by Gasteiger charge is -2.39. The number of hydrogen-bond acceptors (Lipinski definition) is 7. The predicted molar refractivity (Wildman–Crippen MR) is 160 cm³/mol. The number of amides is 2. The molecule has 1 saturated heterocycles. The van der Waals surface area contributed by atoms with E-state index in [-0.39, 0.29) is 5.69 Å². The standard InChI is InChI=1S/C32H38N6O4/c1-3-27-30(34-22-39)29(24-11-13-26(14-12-24)38(41)42)31(28(4-2)35-27)37(23-40)18-8-17-36-19-15-32(21-33,16-20-36)25-9-6-5-7-10-25/h5-7,9-14,22-23,29,35H,3-4,8,15-20H2,1-2H3,(H,34,39). The minimum absolute atomic E-state index is 0.0278. The molecule has 10 nitrogen and oxygen atoms in total. The zero-order valence-corrected chi connectivity index (χ0v) is 24.2. The van der Waals surface area contributed by atoms with E-state index in [0.717, 1.165) is 73.5 Å². The summed E-state index contributed by atoms with van der Waals surface area (Å²) in [5, 5.41) is 27.6. The van der Waals surface area contributed by atoms with Gasteiger partial charge in [0.25, 0.3) is 5.69 Å². The summed E-state index contributed by atoms with van der Waals surface area (Å²) < 4.78 is 0. The van der Waals surface area contributed by atoms with Gasteiger partial charge in [0.15, 0.2) is 0 Å². The first-order chi connectivity index (χ1) is 20.4. The van der Waals surface area contributed by atoms with Crippen LogP contribution in [0.4, 0.5) is 5.69 Å². The molecule has 42 heavy (non-hydrogen) atoms. The van der Waals surface area contributed by atoms with Gasteiger partial charge in [-0.1, -0.05) is 56.3 Å². The average molecular weight is 571 g/mol. The van der Waals surface area contributed by atoms with Crippen LogP contribution in [0.25, 0.3) is 0 Å². The van der Waals surface area contributed by atoms with Crippen molar-refractivity contribution < 1.29 is 14.5 Å². The van der Waals surface area contributed by atoms with Gasteiger partial charge in [-0.15, -0.1) is 0 Å². The number of piperidine rings is 1. The molecule has 2 heterocycles. The lowest BCUT2D eigenvalue weighted by Crippen LogP contribution is -2.43. The number of allylic oxidation sites excluding steroid dienone is 2. The highest BCUT2D eigenvalue weighted by atomic mass is 16.6. The number of hydrogen-bond donors (Lipinski definition) is 2. The number of nitro benzene ring substituents is 1. The van der Waals surface area contributed by atoms with Crippen LogP contribution < -0.4 is 10.6 Å². The SMILES string of the molecule is CCC1=C(NC=O)C(c2ccc([N+](=O)[O-])cc2)C(N(C=O)CCCN2CCC(C#N)(c3ccccc3)CC2)=C(CC)N1. The second kappa shape index (κ2) is 13.9. The minimum atomic E-state index is -0.482. The lowest BCUT2D eigenvalue weighted by molar-refractivity contribution is -0.384. The highest BCUT2D eigenvalue weighted by Gasteiger charge is 2.37. The van der Waals surface area contributed by atoms with Crippen molar-refractivity contribution in [2.24, 2.45) is 0 Å². The Bertz CT molecular complexity index is 1370. The number of carbonyl (C=O) groups excluding carboxylic acids is 2. The first-order valence-electron chi connectivity index (χ1n) is 14.5. The fraction of sp³-hybridized carbons (Fsp3) is 0.406. The van der Waals surface area contributed by atoms with E-state index in [1.165, 1.54) is 12.1 Å². The van der Waals surface area contributed by atoms with E-state index in [9.17, 15) is 25.0 Å². The van der Waals surface area contributed by atoms with Crippen LogP contribution in [0, 0.1) is 21.4 Å². The molecule has 0 radical (unpaired) electrons. The molecule has 2 amide bonds. The Morgan fingerprint density at radius 2 is 1.76 bits per heavy atom. The number of dihydropyridines is 1. The van der Waals surface area contributed by atoms with Gasteiger partial charge in [0, 0.05) is 30.1 Å². The van der Waals surface area contributed by atoms with Crippen molar-refractivity contribution >= 4 is 18.5 Å². The van der Waals surface area contributed by atoms with E-state index >= 15 is 0 Å². The van der Waals surface area contributed by atoms with Gasteiger partial charge in [-0.2, -0.15) is 5.26 Å².